The SMILES string of the molecule is CCCc1c(CNc2ncccc2C(=O)Nc2ccc(C(=N)N)cc2)cc(CO)cc1OC(C)C. The van der Waals surface area contributed by atoms with Gasteiger partial charge in [0, 0.05) is 24.0 Å². The minimum Gasteiger partial charge on any atom is -0.491 e. The van der Waals surface area contributed by atoms with Crippen molar-refractivity contribution in [1.82, 2.24) is 4.98 Å². The second kappa shape index (κ2) is 12.0. The number of aliphatic hydroxyl groups is 1. The van der Waals surface area contributed by atoms with Crippen LogP contribution in [0, 0.1) is 5.41 Å². The summed E-state index contributed by atoms with van der Waals surface area (Å²) in [5, 5.41) is 23.4. The molecule has 1 aromatic heterocycles. The molecular formula is C27H33N5O3. The van der Waals surface area contributed by atoms with Gasteiger partial charge in [-0.15, -0.1) is 0 Å². The highest BCUT2D eigenvalue weighted by Crippen LogP contribution is 2.29. The zero-order valence-electron chi connectivity index (χ0n) is 20.4. The minimum atomic E-state index is -0.308. The van der Waals surface area contributed by atoms with Gasteiger partial charge >= 0.3 is 0 Å². The number of amidine groups is 1. The molecule has 0 radical (unpaired) electrons. The molecule has 3 aromatic rings. The van der Waals surface area contributed by atoms with E-state index in [-0.39, 0.29) is 24.5 Å². The Bertz CT molecular complexity index is 1180. The van der Waals surface area contributed by atoms with Crippen LogP contribution in [0.3, 0.4) is 0 Å². The molecule has 35 heavy (non-hydrogen) atoms. The summed E-state index contributed by atoms with van der Waals surface area (Å²) in [6.07, 6.45) is 3.41. The van der Waals surface area contributed by atoms with Crippen molar-refractivity contribution in [3.63, 3.8) is 0 Å². The molecule has 6 N–H and O–H groups in total. The molecule has 0 saturated carbocycles. The van der Waals surface area contributed by atoms with E-state index in [1.807, 2.05) is 26.0 Å². The van der Waals surface area contributed by atoms with Crippen LogP contribution in [0.2, 0.25) is 0 Å². The number of carbonyl (C=O) groups excluding carboxylic acids is 1. The Morgan fingerprint density at radius 1 is 1.20 bits per heavy atom. The number of nitrogens with zero attached hydrogens (tertiary/aromatic N) is 1. The summed E-state index contributed by atoms with van der Waals surface area (Å²) in [5.41, 5.74) is 9.91. The van der Waals surface area contributed by atoms with E-state index >= 15 is 0 Å². The van der Waals surface area contributed by atoms with E-state index < -0.39 is 0 Å². The molecule has 2 aromatic carbocycles. The third kappa shape index (κ3) is 6.80. The molecule has 0 atom stereocenters. The van der Waals surface area contributed by atoms with Crippen LogP contribution in [0.4, 0.5) is 11.5 Å². The number of amides is 1. The van der Waals surface area contributed by atoms with Gasteiger partial charge in [0.15, 0.2) is 0 Å². The maximum absolute atomic E-state index is 13.0. The monoisotopic (exact) mass is 475 g/mol. The van der Waals surface area contributed by atoms with E-state index in [0.717, 1.165) is 35.3 Å². The fourth-order valence-corrected chi connectivity index (χ4v) is 3.75. The largest absolute Gasteiger partial charge is 0.491 e. The van der Waals surface area contributed by atoms with Gasteiger partial charge < -0.3 is 26.2 Å². The second-order valence-corrected chi connectivity index (χ2v) is 8.50. The Hall–Kier alpha value is -3.91. The molecule has 0 aliphatic heterocycles. The number of carbonyl (C=O) groups is 1. The number of rotatable bonds is 11. The predicted molar refractivity (Wildman–Crippen MR) is 139 cm³/mol. The molecule has 3 rings (SSSR count). The van der Waals surface area contributed by atoms with Gasteiger partial charge in [0.05, 0.1) is 18.3 Å². The summed E-state index contributed by atoms with van der Waals surface area (Å²) < 4.78 is 6.04. The lowest BCUT2D eigenvalue weighted by molar-refractivity contribution is 0.102. The average molecular weight is 476 g/mol. The summed E-state index contributed by atoms with van der Waals surface area (Å²) in [6.45, 7) is 6.40. The van der Waals surface area contributed by atoms with Crippen molar-refractivity contribution in [3.8, 4) is 5.75 Å². The molecule has 184 valence electrons. The zero-order chi connectivity index (χ0) is 25.4. The van der Waals surface area contributed by atoms with Crippen LogP contribution in [0.15, 0.2) is 54.7 Å². The highest BCUT2D eigenvalue weighted by molar-refractivity contribution is 6.07. The van der Waals surface area contributed by atoms with Crippen molar-refractivity contribution in [2.24, 2.45) is 5.73 Å². The Morgan fingerprint density at radius 3 is 2.57 bits per heavy atom. The van der Waals surface area contributed by atoms with Crippen molar-refractivity contribution < 1.29 is 14.6 Å². The third-order valence-electron chi connectivity index (χ3n) is 5.36. The lowest BCUT2D eigenvalue weighted by atomic mass is 9.98. The maximum Gasteiger partial charge on any atom is 0.259 e. The van der Waals surface area contributed by atoms with Crippen molar-refractivity contribution >= 4 is 23.2 Å². The van der Waals surface area contributed by atoms with Crippen LogP contribution >= 0.6 is 0 Å². The Labute approximate surface area is 206 Å². The van der Waals surface area contributed by atoms with Crippen LogP contribution < -0.4 is 21.1 Å². The fourth-order valence-electron chi connectivity index (χ4n) is 3.75. The molecule has 1 amide bonds. The topological polar surface area (TPSA) is 133 Å². The van der Waals surface area contributed by atoms with Crippen molar-refractivity contribution in [1.29, 1.82) is 5.41 Å². The number of hydrogen-bond donors (Lipinski definition) is 5. The highest BCUT2D eigenvalue weighted by atomic mass is 16.5. The van der Waals surface area contributed by atoms with Gasteiger partial charge in [0.25, 0.3) is 5.91 Å². The lowest BCUT2D eigenvalue weighted by Crippen LogP contribution is -2.17. The third-order valence-corrected chi connectivity index (χ3v) is 5.36. The first-order valence-corrected chi connectivity index (χ1v) is 11.7. The molecule has 1 heterocycles. The molecule has 0 spiro atoms. The number of nitrogens with two attached hydrogens (primary N) is 1. The van der Waals surface area contributed by atoms with Gasteiger partial charge in [0.1, 0.15) is 17.4 Å². The number of benzene rings is 2. The number of nitrogen functional groups attached to an aromatic ring is 1. The van der Waals surface area contributed by atoms with Gasteiger partial charge in [-0.25, -0.2) is 4.98 Å². The first-order valence-electron chi connectivity index (χ1n) is 11.7. The Balaban J connectivity index is 1.83. The van der Waals surface area contributed by atoms with Crippen molar-refractivity contribution in [2.75, 3.05) is 10.6 Å². The molecule has 0 unspecified atom stereocenters. The lowest BCUT2D eigenvalue weighted by Gasteiger charge is -2.20. The highest BCUT2D eigenvalue weighted by Gasteiger charge is 2.16. The van der Waals surface area contributed by atoms with Gasteiger partial charge in [-0.1, -0.05) is 19.4 Å². The molecule has 0 aliphatic rings. The summed E-state index contributed by atoms with van der Waals surface area (Å²) in [4.78, 5) is 17.4. The first-order chi connectivity index (χ1) is 16.8. The first kappa shape index (κ1) is 25.7. The Kier molecular flexibility index (Phi) is 8.80. The van der Waals surface area contributed by atoms with Crippen molar-refractivity contribution in [2.45, 2.75) is 52.9 Å². The molecule has 8 nitrogen and oxygen atoms in total. The smallest absolute Gasteiger partial charge is 0.259 e. The molecule has 8 heteroatoms. The van der Waals surface area contributed by atoms with Crippen LogP contribution in [0.1, 0.15) is 59.8 Å². The van der Waals surface area contributed by atoms with Gasteiger partial charge in [0.2, 0.25) is 0 Å². The zero-order valence-corrected chi connectivity index (χ0v) is 20.4. The van der Waals surface area contributed by atoms with Crippen LogP contribution in [-0.4, -0.2) is 27.9 Å². The van der Waals surface area contributed by atoms with Gasteiger partial charge in [-0.3, -0.25) is 10.2 Å². The van der Waals surface area contributed by atoms with Gasteiger partial charge in [-0.05, 0) is 79.4 Å². The molecule has 0 saturated heterocycles. The predicted octanol–water partition coefficient (Wildman–Crippen LogP) is 4.46. The van der Waals surface area contributed by atoms with E-state index in [0.29, 0.717) is 29.2 Å². The summed E-state index contributed by atoms with van der Waals surface area (Å²) in [5.74, 6) is 0.890. The molecule has 0 bridgehead atoms. The number of ether oxygens (including phenoxy) is 1. The van der Waals surface area contributed by atoms with E-state index in [9.17, 15) is 9.90 Å². The van der Waals surface area contributed by atoms with Crippen LogP contribution in [0.25, 0.3) is 0 Å². The number of anilines is 2. The maximum atomic E-state index is 13.0. The summed E-state index contributed by atoms with van der Waals surface area (Å²) in [7, 11) is 0. The van der Waals surface area contributed by atoms with Crippen LogP contribution in [-0.2, 0) is 19.6 Å². The Morgan fingerprint density at radius 2 is 1.94 bits per heavy atom. The van der Waals surface area contributed by atoms with E-state index in [1.54, 1.807) is 42.6 Å². The minimum absolute atomic E-state index is 0.0101. The average Bonchev–Trinajstić information content (AvgIpc) is 2.84. The van der Waals surface area contributed by atoms with Crippen molar-refractivity contribution in [3.05, 3.63) is 82.5 Å². The molecule has 0 fully saturated rings. The fraction of sp³-hybridized carbons (Fsp3) is 0.296. The standard InChI is InChI=1S/C27H33N5O3/c1-4-6-22-20(13-18(16-33)14-24(22)35-17(2)3)15-31-26-23(7-5-12-30-26)27(34)32-21-10-8-19(9-11-21)25(28)29/h5,7-14,17,33H,4,6,15-16H2,1-3H3,(H3,28,29)(H,30,31)(H,32,34). The van der Waals surface area contributed by atoms with Crippen LogP contribution in [0.5, 0.6) is 5.75 Å². The summed E-state index contributed by atoms with van der Waals surface area (Å²) in [6, 6.07) is 14.0. The normalized spacial score (nSPS) is 10.8. The molecule has 0 aliphatic carbocycles. The van der Waals surface area contributed by atoms with E-state index in [2.05, 4.69) is 22.5 Å². The van der Waals surface area contributed by atoms with E-state index in [4.69, 9.17) is 15.9 Å². The quantitative estimate of drug-likeness (QED) is 0.205. The number of hydrogen-bond acceptors (Lipinski definition) is 6. The summed E-state index contributed by atoms with van der Waals surface area (Å²) >= 11 is 0. The van der Waals surface area contributed by atoms with E-state index in [1.165, 1.54) is 0 Å². The number of aliphatic hydroxyl groups excluding tert-OH is 1. The van der Waals surface area contributed by atoms with Gasteiger partial charge in [-0.2, -0.15) is 0 Å². The molecular weight excluding hydrogens is 442 g/mol. The number of nitrogens with one attached hydrogen (secondary N) is 3. The number of pyridine rings is 1. The number of aromatic nitrogens is 1. The second-order valence-electron chi connectivity index (χ2n) is 8.50.